The SMILES string of the molecule is O=[SH+](Cl)c1ccc2c(Cl)cnc(Cl)c2c1. The highest BCUT2D eigenvalue weighted by atomic mass is 35.7. The van der Waals surface area contributed by atoms with Gasteiger partial charge in [0.15, 0.2) is 15.6 Å². The first-order valence-electron chi connectivity index (χ1n) is 3.96. The highest BCUT2D eigenvalue weighted by Crippen LogP contribution is 2.29. The molecule has 0 amide bonds. The van der Waals surface area contributed by atoms with Gasteiger partial charge in [0.1, 0.15) is 5.15 Å². The molecule has 1 unspecified atom stereocenters. The Balaban J connectivity index is 2.81. The zero-order chi connectivity index (χ0) is 11.0. The van der Waals surface area contributed by atoms with E-state index in [-0.39, 0.29) is 0 Å². The van der Waals surface area contributed by atoms with E-state index in [9.17, 15) is 4.21 Å². The van der Waals surface area contributed by atoms with Gasteiger partial charge in [0.05, 0.1) is 5.02 Å². The highest BCUT2D eigenvalue weighted by Gasteiger charge is 2.11. The van der Waals surface area contributed by atoms with Gasteiger partial charge in [-0.3, -0.25) is 0 Å². The van der Waals surface area contributed by atoms with Crippen LogP contribution in [0.1, 0.15) is 0 Å². The molecule has 0 saturated carbocycles. The zero-order valence-corrected chi connectivity index (χ0v) is 10.4. The number of halogens is 3. The molecule has 6 heteroatoms. The van der Waals surface area contributed by atoms with Crippen molar-refractivity contribution >= 4 is 54.7 Å². The molecule has 15 heavy (non-hydrogen) atoms. The summed E-state index contributed by atoms with van der Waals surface area (Å²) in [5.41, 5.74) is 0. The Morgan fingerprint density at radius 2 is 1.93 bits per heavy atom. The van der Waals surface area contributed by atoms with Crippen molar-refractivity contribution < 1.29 is 4.21 Å². The van der Waals surface area contributed by atoms with Crippen molar-refractivity contribution in [1.82, 2.24) is 4.98 Å². The van der Waals surface area contributed by atoms with Crippen molar-refractivity contribution in [2.45, 2.75) is 4.90 Å². The van der Waals surface area contributed by atoms with E-state index in [1.165, 1.54) is 6.20 Å². The average Bonchev–Trinajstić information content (AvgIpc) is 2.23. The Bertz CT molecular complexity index is 558. The van der Waals surface area contributed by atoms with Gasteiger partial charge in [-0.2, -0.15) is 0 Å². The summed E-state index contributed by atoms with van der Waals surface area (Å²) in [7, 11) is 3.61. The van der Waals surface area contributed by atoms with Crippen molar-refractivity contribution in [3.8, 4) is 0 Å². The van der Waals surface area contributed by atoms with Gasteiger partial charge in [0, 0.05) is 23.0 Å². The largest absolute Gasteiger partial charge is 0.242 e. The fraction of sp³-hybridized carbons (Fsp3) is 0. The second-order valence-electron chi connectivity index (χ2n) is 2.87. The summed E-state index contributed by atoms with van der Waals surface area (Å²) >= 11 is 11.8. The van der Waals surface area contributed by atoms with Gasteiger partial charge in [0.2, 0.25) is 10.0 Å². The summed E-state index contributed by atoms with van der Waals surface area (Å²) in [5.74, 6) is 0. The van der Waals surface area contributed by atoms with E-state index in [0.717, 1.165) is 5.39 Å². The van der Waals surface area contributed by atoms with Crippen LogP contribution in [-0.2, 0) is 14.2 Å². The molecule has 0 N–H and O–H groups in total. The highest BCUT2D eigenvalue weighted by molar-refractivity contribution is 8.08. The van der Waals surface area contributed by atoms with Gasteiger partial charge in [-0.1, -0.05) is 27.4 Å². The molecule has 0 spiro atoms. The summed E-state index contributed by atoms with van der Waals surface area (Å²) in [6, 6.07) is 5.04. The Hall–Kier alpha value is -0.350. The summed E-state index contributed by atoms with van der Waals surface area (Å²) in [4.78, 5) is 4.42. The van der Waals surface area contributed by atoms with Gasteiger partial charge in [-0.25, -0.2) is 4.98 Å². The van der Waals surface area contributed by atoms with E-state index in [1.807, 2.05) is 0 Å². The van der Waals surface area contributed by atoms with Gasteiger partial charge in [-0.05, 0) is 12.1 Å². The molecule has 2 rings (SSSR count). The van der Waals surface area contributed by atoms with Gasteiger partial charge in [0.25, 0.3) is 0 Å². The van der Waals surface area contributed by atoms with E-state index in [1.54, 1.807) is 18.2 Å². The lowest BCUT2D eigenvalue weighted by atomic mass is 10.2. The number of aromatic nitrogens is 1. The monoisotopic (exact) mass is 280 g/mol. The quantitative estimate of drug-likeness (QED) is 0.345. The van der Waals surface area contributed by atoms with Crippen LogP contribution in [0.3, 0.4) is 0 Å². The predicted molar refractivity (Wildman–Crippen MR) is 65.3 cm³/mol. The number of thiol groups is 1. The number of rotatable bonds is 1. The van der Waals surface area contributed by atoms with Crippen molar-refractivity contribution in [3.05, 3.63) is 34.6 Å². The van der Waals surface area contributed by atoms with Crippen LogP contribution in [0.25, 0.3) is 10.8 Å². The minimum Gasteiger partial charge on any atom is -0.242 e. The molecule has 1 heterocycles. The molecule has 0 fully saturated rings. The lowest BCUT2D eigenvalue weighted by molar-refractivity contribution is 0.602. The topological polar surface area (TPSA) is 30.0 Å². The normalized spacial score (nSPS) is 13.0. The minimum atomic E-state index is -1.90. The molecule has 0 bridgehead atoms. The molecule has 1 atom stereocenters. The second-order valence-corrected chi connectivity index (χ2v) is 5.56. The fourth-order valence-corrected chi connectivity index (χ4v) is 2.43. The molecule has 0 aliphatic heterocycles. The third-order valence-electron chi connectivity index (χ3n) is 1.98. The molecule has 1 aromatic heterocycles. The van der Waals surface area contributed by atoms with Crippen LogP contribution in [-0.4, -0.2) is 4.98 Å². The fourth-order valence-electron chi connectivity index (χ4n) is 1.27. The number of nitrogens with zero attached hydrogens (tertiary/aromatic N) is 1. The van der Waals surface area contributed by atoms with Crippen molar-refractivity contribution in [2.24, 2.45) is 0 Å². The Morgan fingerprint density at radius 1 is 1.20 bits per heavy atom. The van der Waals surface area contributed by atoms with E-state index >= 15 is 0 Å². The number of hydrogen-bond acceptors (Lipinski definition) is 2. The molecule has 0 saturated heterocycles. The molecule has 2 nitrogen and oxygen atoms in total. The molecule has 78 valence electrons. The molecule has 0 aliphatic carbocycles. The first-order chi connectivity index (χ1) is 7.09. The van der Waals surface area contributed by atoms with Crippen LogP contribution in [0.15, 0.2) is 29.3 Å². The Labute approximate surface area is 103 Å². The van der Waals surface area contributed by atoms with Crippen LogP contribution in [0.2, 0.25) is 10.2 Å². The number of pyridine rings is 1. The average molecular weight is 282 g/mol. The first kappa shape index (κ1) is 11.1. The smallest absolute Gasteiger partial charge is 0.202 e. The van der Waals surface area contributed by atoms with Crippen molar-refractivity contribution in [1.29, 1.82) is 0 Å². The number of benzene rings is 1. The predicted octanol–water partition coefficient (Wildman–Crippen LogP) is 3.75. The Morgan fingerprint density at radius 3 is 2.60 bits per heavy atom. The molecule has 1 aromatic carbocycles. The molecule has 2 aromatic rings. The van der Waals surface area contributed by atoms with E-state index in [0.29, 0.717) is 20.5 Å². The molecule has 0 radical (unpaired) electrons. The van der Waals surface area contributed by atoms with Crippen molar-refractivity contribution in [3.63, 3.8) is 0 Å². The standard InChI is InChI=1S/C9H4Cl3NOS/c10-8-4-13-9(11)7-3-5(15(12)14)1-2-6(7)8/h1-4H/p+1. The summed E-state index contributed by atoms with van der Waals surface area (Å²) in [5, 5.41) is 2.26. The van der Waals surface area contributed by atoms with Crippen LogP contribution in [0.5, 0.6) is 0 Å². The van der Waals surface area contributed by atoms with E-state index < -0.39 is 10.0 Å². The van der Waals surface area contributed by atoms with E-state index in [2.05, 4.69) is 4.98 Å². The third kappa shape index (κ3) is 2.11. The summed E-state index contributed by atoms with van der Waals surface area (Å²) < 4.78 is 11.1. The maximum absolute atomic E-state index is 11.1. The van der Waals surface area contributed by atoms with Crippen LogP contribution in [0.4, 0.5) is 0 Å². The molecule has 0 aliphatic rings. The molecular formula is C9H5Cl3NOS+. The first-order valence-corrected chi connectivity index (χ1v) is 6.88. The van der Waals surface area contributed by atoms with Crippen LogP contribution < -0.4 is 0 Å². The van der Waals surface area contributed by atoms with Crippen LogP contribution in [0, 0.1) is 0 Å². The van der Waals surface area contributed by atoms with Gasteiger partial charge < -0.3 is 0 Å². The second kappa shape index (κ2) is 4.26. The summed E-state index contributed by atoms with van der Waals surface area (Å²) in [6.07, 6.45) is 1.48. The lowest BCUT2D eigenvalue weighted by Crippen LogP contribution is -1.85. The van der Waals surface area contributed by atoms with E-state index in [4.69, 9.17) is 33.9 Å². The molecular weight excluding hydrogens is 277 g/mol. The summed E-state index contributed by atoms with van der Waals surface area (Å²) in [6.45, 7) is 0. The Kier molecular flexibility index (Phi) is 3.16. The maximum Gasteiger partial charge on any atom is 0.202 e. The number of hydrogen-bond donors (Lipinski definition) is 0. The van der Waals surface area contributed by atoms with Gasteiger partial charge >= 0.3 is 0 Å². The van der Waals surface area contributed by atoms with Crippen LogP contribution >= 0.6 is 33.9 Å². The van der Waals surface area contributed by atoms with Gasteiger partial charge in [-0.15, -0.1) is 0 Å². The lowest BCUT2D eigenvalue weighted by Gasteiger charge is -2.01. The zero-order valence-electron chi connectivity index (χ0n) is 7.25. The third-order valence-corrected chi connectivity index (χ3v) is 3.85. The number of fused-ring (bicyclic) bond motifs is 1. The minimum absolute atomic E-state index is 0.324. The van der Waals surface area contributed by atoms with Crippen molar-refractivity contribution in [2.75, 3.05) is 0 Å². The maximum atomic E-state index is 11.1.